The Bertz CT molecular complexity index is 1930. The van der Waals surface area contributed by atoms with Crippen LogP contribution in [0.25, 0.3) is 16.8 Å². The number of carbonyl (C=O) groups is 2. The predicted octanol–water partition coefficient (Wildman–Crippen LogP) is 6.03. The molecule has 7 rings (SSSR count). The summed E-state index contributed by atoms with van der Waals surface area (Å²) >= 11 is 0. The number of nitrogen functional groups attached to an aromatic ring is 1. The normalized spacial score (nSPS) is 20.8. The van der Waals surface area contributed by atoms with Crippen LogP contribution < -0.4 is 16.4 Å². The molecule has 2 aromatic carbocycles. The van der Waals surface area contributed by atoms with E-state index in [9.17, 15) is 22.8 Å². The molecule has 3 aromatic heterocycles. The highest BCUT2D eigenvalue weighted by molar-refractivity contribution is 6.04. The summed E-state index contributed by atoms with van der Waals surface area (Å²) in [6.45, 7) is 0. The molecule has 12 heteroatoms. The number of nitrogens with one attached hydrogen (secondary N) is 2. The molecule has 2 bridgehead atoms. The Morgan fingerprint density at radius 2 is 1.58 bits per heavy atom. The van der Waals surface area contributed by atoms with Gasteiger partial charge in [-0.1, -0.05) is 30.3 Å². The van der Waals surface area contributed by atoms with Crippen LogP contribution in [0, 0.1) is 0 Å². The smallest absolute Gasteiger partial charge is 0.382 e. The second-order valence-corrected chi connectivity index (χ2v) is 11.8. The molecule has 0 saturated heterocycles. The summed E-state index contributed by atoms with van der Waals surface area (Å²) in [6, 6.07) is 17.4. The fourth-order valence-electron chi connectivity index (χ4n) is 6.87. The van der Waals surface area contributed by atoms with E-state index in [1.165, 1.54) is 0 Å². The van der Waals surface area contributed by atoms with Crippen LogP contribution >= 0.6 is 0 Å². The van der Waals surface area contributed by atoms with Gasteiger partial charge in [-0.15, -0.1) is 0 Å². The molecule has 9 nitrogen and oxygen atoms in total. The number of anilines is 2. The molecule has 0 radical (unpaired) electrons. The standard InChI is InChI=1S/C33H28F3N7O2/c34-33(35,36)23-10-15-38-24(18-23)40-28(44)22-8-6-20(7-9-22)25-26-27(37)39-16-17-43(26)30(41-25)31-11-13-32(19-31,14-12-31)42-29(45)21-4-2-1-3-5-21/h1-10,15-18H,11-14,19H2,(H2,37,39)(H,42,45)(H,38,40,44). The van der Waals surface area contributed by atoms with Gasteiger partial charge in [0.05, 0.1) is 5.56 Å². The van der Waals surface area contributed by atoms with E-state index in [1.54, 1.807) is 30.5 Å². The third-order valence-corrected chi connectivity index (χ3v) is 9.06. The fourth-order valence-corrected chi connectivity index (χ4v) is 6.87. The highest BCUT2D eigenvalue weighted by Crippen LogP contribution is 2.57. The first-order chi connectivity index (χ1) is 21.6. The Hall–Kier alpha value is -5.26. The average molecular weight is 612 g/mol. The number of fused-ring (bicyclic) bond motifs is 3. The lowest BCUT2D eigenvalue weighted by Crippen LogP contribution is -2.45. The Balaban J connectivity index is 1.16. The van der Waals surface area contributed by atoms with Gasteiger partial charge in [0.15, 0.2) is 0 Å². The van der Waals surface area contributed by atoms with Crippen molar-refractivity contribution in [2.75, 3.05) is 11.1 Å². The molecule has 2 amide bonds. The molecular formula is C33H28F3N7O2. The zero-order valence-electron chi connectivity index (χ0n) is 23.9. The minimum atomic E-state index is -4.55. The van der Waals surface area contributed by atoms with E-state index in [0.717, 1.165) is 56.3 Å². The monoisotopic (exact) mass is 611 g/mol. The topological polar surface area (TPSA) is 127 Å². The number of hydrogen-bond donors (Lipinski definition) is 3. The molecule has 2 saturated carbocycles. The molecule has 2 fully saturated rings. The first-order valence-electron chi connectivity index (χ1n) is 14.5. The van der Waals surface area contributed by atoms with Crippen molar-refractivity contribution in [2.24, 2.45) is 0 Å². The first kappa shape index (κ1) is 28.5. The van der Waals surface area contributed by atoms with Gasteiger partial charge in [-0.2, -0.15) is 13.2 Å². The van der Waals surface area contributed by atoms with E-state index < -0.39 is 17.6 Å². The lowest BCUT2D eigenvalue weighted by Gasteiger charge is -2.28. The molecule has 0 atom stereocenters. The Labute approximate surface area is 255 Å². The number of nitrogens with zero attached hydrogens (tertiary/aromatic N) is 4. The third-order valence-electron chi connectivity index (χ3n) is 9.06. The number of hydrogen-bond acceptors (Lipinski definition) is 6. The zero-order valence-corrected chi connectivity index (χ0v) is 23.9. The fraction of sp³-hybridized carbons (Fsp3) is 0.242. The largest absolute Gasteiger partial charge is 0.416 e. The zero-order chi connectivity index (χ0) is 31.4. The predicted molar refractivity (Wildman–Crippen MR) is 161 cm³/mol. The summed E-state index contributed by atoms with van der Waals surface area (Å²) in [5.41, 5.74) is 7.70. The van der Waals surface area contributed by atoms with Gasteiger partial charge >= 0.3 is 6.18 Å². The summed E-state index contributed by atoms with van der Waals surface area (Å²) < 4.78 is 41.2. The van der Waals surface area contributed by atoms with E-state index in [0.29, 0.717) is 28.2 Å². The first-order valence-corrected chi connectivity index (χ1v) is 14.5. The molecule has 4 N–H and O–H groups in total. The number of benzene rings is 2. The number of aromatic nitrogens is 4. The minimum absolute atomic E-state index is 0.0802. The third kappa shape index (κ3) is 5.05. The maximum absolute atomic E-state index is 13.1. The van der Waals surface area contributed by atoms with Crippen LogP contribution in [-0.4, -0.2) is 36.7 Å². The van der Waals surface area contributed by atoms with Crippen molar-refractivity contribution in [3.8, 4) is 11.3 Å². The highest BCUT2D eigenvalue weighted by Gasteiger charge is 2.57. The van der Waals surface area contributed by atoms with E-state index in [1.807, 2.05) is 40.9 Å². The van der Waals surface area contributed by atoms with Crippen LogP contribution in [0.2, 0.25) is 0 Å². The molecule has 0 unspecified atom stereocenters. The summed E-state index contributed by atoms with van der Waals surface area (Å²) in [7, 11) is 0. The van der Waals surface area contributed by atoms with Gasteiger partial charge in [-0.25, -0.2) is 15.0 Å². The van der Waals surface area contributed by atoms with E-state index in [2.05, 4.69) is 20.6 Å². The average Bonchev–Trinajstić information content (AvgIpc) is 3.73. The van der Waals surface area contributed by atoms with Crippen molar-refractivity contribution in [1.82, 2.24) is 24.7 Å². The number of pyridine rings is 1. The number of alkyl halides is 3. The van der Waals surface area contributed by atoms with Gasteiger partial charge in [-0.3, -0.25) is 14.0 Å². The summed E-state index contributed by atoms with van der Waals surface area (Å²) in [5, 5.41) is 5.75. The molecule has 3 heterocycles. The van der Waals surface area contributed by atoms with Gasteiger partial charge in [0.1, 0.15) is 28.7 Å². The van der Waals surface area contributed by atoms with Gasteiger partial charge < -0.3 is 16.4 Å². The van der Waals surface area contributed by atoms with Crippen LogP contribution in [0.5, 0.6) is 0 Å². The second kappa shape index (κ2) is 10.4. The van der Waals surface area contributed by atoms with Crippen molar-refractivity contribution in [1.29, 1.82) is 0 Å². The highest BCUT2D eigenvalue weighted by atomic mass is 19.4. The van der Waals surface area contributed by atoms with Gasteiger partial charge in [0, 0.05) is 46.2 Å². The van der Waals surface area contributed by atoms with Crippen molar-refractivity contribution in [2.45, 2.75) is 49.2 Å². The molecule has 0 aliphatic heterocycles. The van der Waals surface area contributed by atoms with Gasteiger partial charge in [0.25, 0.3) is 11.8 Å². The molecule has 228 valence electrons. The van der Waals surface area contributed by atoms with E-state index >= 15 is 0 Å². The van der Waals surface area contributed by atoms with Crippen LogP contribution in [0.15, 0.2) is 85.3 Å². The van der Waals surface area contributed by atoms with Crippen LogP contribution in [-0.2, 0) is 11.6 Å². The lowest BCUT2D eigenvalue weighted by atomic mass is 9.83. The van der Waals surface area contributed by atoms with Crippen molar-refractivity contribution in [3.63, 3.8) is 0 Å². The Morgan fingerprint density at radius 3 is 2.29 bits per heavy atom. The Kier molecular flexibility index (Phi) is 6.61. The van der Waals surface area contributed by atoms with Crippen LogP contribution in [0.3, 0.4) is 0 Å². The number of halogens is 3. The SMILES string of the molecule is Nc1nccn2c(C34CCC(NC(=O)c5ccccc5)(CC3)C4)nc(-c3ccc(C(=O)Nc4cc(C(F)(F)F)ccn4)cc3)c12. The number of carbonyl (C=O) groups excluding carboxylic acids is 2. The summed E-state index contributed by atoms with van der Waals surface area (Å²) in [4.78, 5) is 39.2. The molecule has 2 aliphatic rings. The maximum Gasteiger partial charge on any atom is 0.416 e. The van der Waals surface area contributed by atoms with Crippen LogP contribution in [0.1, 0.15) is 64.2 Å². The number of amides is 2. The van der Waals surface area contributed by atoms with Crippen molar-refractivity contribution >= 4 is 29.0 Å². The van der Waals surface area contributed by atoms with Crippen molar-refractivity contribution < 1.29 is 22.8 Å². The molecule has 45 heavy (non-hydrogen) atoms. The number of rotatable bonds is 6. The molecule has 2 aliphatic carbocycles. The van der Waals surface area contributed by atoms with E-state index in [-0.39, 0.29) is 28.2 Å². The molecular weight excluding hydrogens is 583 g/mol. The van der Waals surface area contributed by atoms with Gasteiger partial charge in [0.2, 0.25) is 0 Å². The van der Waals surface area contributed by atoms with E-state index in [4.69, 9.17) is 10.7 Å². The lowest BCUT2D eigenvalue weighted by molar-refractivity contribution is -0.137. The van der Waals surface area contributed by atoms with Gasteiger partial charge in [-0.05, 0) is 68.5 Å². The quantitative estimate of drug-likeness (QED) is 0.215. The second-order valence-electron chi connectivity index (χ2n) is 11.8. The number of nitrogens with two attached hydrogens (primary N) is 1. The van der Waals surface area contributed by atoms with Crippen molar-refractivity contribution in [3.05, 3.63) is 108 Å². The summed E-state index contributed by atoms with van der Waals surface area (Å²) in [6.07, 6.45) is 4.05. The molecule has 0 spiro atoms. The maximum atomic E-state index is 13.1. The summed E-state index contributed by atoms with van der Waals surface area (Å²) in [5.74, 6) is 0.274. The number of imidazole rings is 1. The molecule has 5 aromatic rings. The minimum Gasteiger partial charge on any atom is -0.382 e. The Morgan fingerprint density at radius 1 is 0.867 bits per heavy atom. The van der Waals surface area contributed by atoms with Crippen LogP contribution in [0.4, 0.5) is 24.8 Å².